The molecule has 2 amide bonds. The molecule has 0 bridgehead atoms. The van der Waals surface area contributed by atoms with E-state index in [1.165, 1.54) is 0 Å². The summed E-state index contributed by atoms with van der Waals surface area (Å²) in [6.45, 7) is 5.47. The molecule has 3 unspecified atom stereocenters. The van der Waals surface area contributed by atoms with Crippen LogP contribution < -0.4 is 10.6 Å². The fraction of sp³-hybridized carbons (Fsp3) is 0.846. The largest absolute Gasteiger partial charge is 0.355 e. The van der Waals surface area contributed by atoms with E-state index >= 15 is 0 Å². The first-order valence-corrected chi connectivity index (χ1v) is 6.68. The Morgan fingerprint density at radius 2 is 1.89 bits per heavy atom. The van der Waals surface area contributed by atoms with Crippen LogP contribution in [0, 0.1) is 11.8 Å². The molecule has 1 aliphatic rings. The fourth-order valence-electron chi connectivity index (χ4n) is 1.76. The van der Waals surface area contributed by atoms with Crippen molar-refractivity contribution in [2.75, 3.05) is 27.2 Å². The van der Waals surface area contributed by atoms with Gasteiger partial charge in [0.1, 0.15) is 0 Å². The van der Waals surface area contributed by atoms with Gasteiger partial charge in [-0.05, 0) is 33.9 Å². The SMILES string of the molecule is CCC(C)NC(=O)C1CC1C(=O)NCCN(C)C. The van der Waals surface area contributed by atoms with Gasteiger partial charge in [-0.15, -0.1) is 0 Å². The molecule has 0 aliphatic heterocycles. The maximum Gasteiger partial charge on any atom is 0.224 e. The number of amides is 2. The quantitative estimate of drug-likeness (QED) is 0.684. The molecule has 0 spiro atoms. The standard InChI is InChI=1S/C13H25N3O2/c1-5-9(2)15-13(18)11-8-10(11)12(17)14-6-7-16(3)4/h9-11H,5-8H2,1-4H3,(H,14,17)(H,15,18). The Hall–Kier alpha value is -1.10. The van der Waals surface area contributed by atoms with Crippen LogP contribution in [0.25, 0.3) is 0 Å². The predicted molar refractivity (Wildman–Crippen MR) is 71.1 cm³/mol. The minimum Gasteiger partial charge on any atom is -0.355 e. The van der Waals surface area contributed by atoms with Gasteiger partial charge in [0, 0.05) is 19.1 Å². The molecule has 5 heteroatoms. The lowest BCUT2D eigenvalue weighted by molar-refractivity contribution is -0.127. The Kier molecular flexibility index (Phi) is 5.59. The highest BCUT2D eigenvalue weighted by Crippen LogP contribution is 2.38. The highest BCUT2D eigenvalue weighted by Gasteiger charge is 2.47. The summed E-state index contributed by atoms with van der Waals surface area (Å²) in [7, 11) is 3.93. The van der Waals surface area contributed by atoms with Crippen molar-refractivity contribution in [3.05, 3.63) is 0 Å². The summed E-state index contributed by atoms with van der Waals surface area (Å²) in [4.78, 5) is 25.5. The van der Waals surface area contributed by atoms with Gasteiger partial charge in [0.25, 0.3) is 0 Å². The summed E-state index contributed by atoms with van der Waals surface area (Å²) in [6.07, 6.45) is 1.61. The molecule has 2 N–H and O–H groups in total. The van der Waals surface area contributed by atoms with Crippen molar-refractivity contribution in [2.24, 2.45) is 11.8 Å². The minimum atomic E-state index is -0.115. The van der Waals surface area contributed by atoms with Crippen LogP contribution in [0.4, 0.5) is 0 Å². The number of carbonyl (C=O) groups excluding carboxylic acids is 2. The molecule has 18 heavy (non-hydrogen) atoms. The average Bonchev–Trinajstić information content (AvgIpc) is 3.08. The van der Waals surface area contributed by atoms with E-state index in [0.29, 0.717) is 13.0 Å². The van der Waals surface area contributed by atoms with Gasteiger partial charge in [-0.25, -0.2) is 0 Å². The summed E-state index contributed by atoms with van der Waals surface area (Å²) in [5.41, 5.74) is 0. The van der Waals surface area contributed by atoms with E-state index in [9.17, 15) is 9.59 Å². The van der Waals surface area contributed by atoms with Crippen LogP contribution in [0.2, 0.25) is 0 Å². The third kappa shape index (κ3) is 4.64. The number of carbonyl (C=O) groups is 2. The van der Waals surface area contributed by atoms with Crippen molar-refractivity contribution in [2.45, 2.75) is 32.7 Å². The number of rotatable bonds is 7. The normalized spacial score (nSPS) is 23.6. The molecule has 5 nitrogen and oxygen atoms in total. The maximum atomic E-state index is 11.8. The first kappa shape index (κ1) is 15.0. The van der Waals surface area contributed by atoms with E-state index < -0.39 is 0 Å². The van der Waals surface area contributed by atoms with E-state index in [2.05, 4.69) is 10.6 Å². The summed E-state index contributed by atoms with van der Waals surface area (Å²) in [6, 6.07) is 0.190. The molecule has 0 aromatic rings. The number of nitrogens with one attached hydrogen (secondary N) is 2. The minimum absolute atomic E-state index is 0.0150. The second-order valence-corrected chi connectivity index (χ2v) is 5.36. The van der Waals surface area contributed by atoms with Crippen LogP contribution in [-0.4, -0.2) is 49.9 Å². The molecule has 104 valence electrons. The lowest BCUT2D eigenvalue weighted by Crippen LogP contribution is -2.36. The summed E-state index contributed by atoms with van der Waals surface area (Å²) in [5, 5.41) is 5.79. The number of nitrogens with zero attached hydrogens (tertiary/aromatic N) is 1. The van der Waals surface area contributed by atoms with Gasteiger partial charge in [-0.1, -0.05) is 6.92 Å². The first-order chi connectivity index (χ1) is 8.45. The molecule has 0 saturated heterocycles. The van der Waals surface area contributed by atoms with Crippen molar-refractivity contribution in [3.8, 4) is 0 Å². The molecule has 0 radical (unpaired) electrons. The van der Waals surface area contributed by atoms with E-state index in [0.717, 1.165) is 13.0 Å². The first-order valence-electron chi connectivity index (χ1n) is 6.68. The van der Waals surface area contributed by atoms with Crippen molar-refractivity contribution < 1.29 is 9.59 Å². The number of hydrogen-bond acceptors (Lipinski definition) is 3. The Balaban J connectivity index is 2.22. The molecule has 1 rings (SSSR count). The number of likely N-dealkylation sites (N-methyl/N-ethyl adjacent to an activating group) is 1. The van der Waals surface area contributed by atoms with Gasteiger partial charge in [0.2, 0.25) is 11.8 Å². The van der Waals surface area contributed by atoms with Crippen molar-refractivity contribution in [1.29, 1.82) is 0 Å². The van der Waals surface area contributed by atoms with Gasteiger partial charge in [-0.3, -0.25) is 9.59 Å². The smallest absolute Gasteiger partial charge is 0.224 e. The van der Waals surface area contributed by atoms with Crippen LogP contribution in [0.3, 0.4) is 0 Å². The fourth-order valence-corrected chi connectivity index (χ4v) is 1.76. The molecule has 0 aromatic heterocycles. The van der Waals surface area contributed by atoms with Crippen LogP contribution in [0.5, 0.6) is 0 Å². The summed E-state index contributed by atoms with van der Waals surface area (Å²) >= 11 is 0. The third-order valence-corrected chi connectivity index (χ3v) is 3.32. The van der Waals surface area contributed by atoms with Gasteiger partial charge in [0.15, 0.2) is 0 Å². The molecule has 3 atom stereocenters. The maximum absolute atomic E-state index is 11.8. The second kappa shape index (κ2) is 6.73. The topological polar surface area (TPSA) is 61.4 Å². The predicted octanol–water partition coefficient (Wildman–Crippen LogP) is 0.215. The Labute approximate surface area is 109 Å². The molecular formula is C13H25N3O2. The monoisotopic (exact) mass is 255 g/mol. The van der Waals surface area contributed by atoms with E-state index in [1.807, 2.05) is 32.8 Å². The van der Waals surface area contributed by atoms with Crippen molar-refractivity contribution in [1.82, 2.24) is 15.5 Å². The summed E-state index contributed by atoms with van der Waals surface area (Å²) in [5.74, 6) is -0.187. The molecule has 1 fully saturated rings. The summed E-state index contributed by atoms with van der Waals surface area (Å²) < 4.78 is 0. The zero-order valence-electron chi connectivity index (χ0n) is 11.8. The molecule has 0 heterocycles. The second-order valence-electron chi connectivity index (χ2n) is 5.36. The Morgan fingerprint density at radius 1 is 1.28 bits per heavy atom. The zero-order chi connectivity index (χ0) is 13.7. The van der Waals surface area contributed by atoms with Crippen LogP contribution >= 0.6 is 0 Å². The van der Waals surface area contributed by atoms with E-state index in [1.54, 1.807) is 0 Å². The van der Waals surface area contributed by atoms with Gasteiger partial charge in [0.05, 0.1) is 11.8 Å². The Bertz CT molecular complexity index is 305. The van der Waals surface area contributed by atoms with Gasteiger partial charge >= 0.3 is 0 Å². The lowest BCUT2D eigenvalue weighted by atomic mass is 10.2. The molecule has 1 aliphatic carbocycles. The highest BCUT2D eigenvalue weighted by atomic mass is 16.2. The molecule has 0 aromatic carbocycles. The third-order valence-electron chi connectivity index (χ3n) is 3.32. The zero-order valence-corrected chi connectivity index (χ0v) is 11.8. The van der Waals surface area contributed by atoms with Crippen molar-refractivity contribution >= 4 is 11.8 Å². The Morgan fingerprint density at radius 3 is 2.44 bits per heavy atom. The molecule has 1 saturated carbocycles. The highest BCUT2D eigenvalue weighted by molar-refractivity contribution is 5.92. The van der Waals surface area contributed by atoms with Crippen LogP contribution in [-0.2, 0) is 9.59 Å². The van der Waals surface area contributed by atoms with E-state index in [4.69, 9.17) is 0 Å². The lowest BCUT2D eigenvalue weighted by Gasteiger charge is -2.12. The van der Waals surface area contributed by atoms with Gasteiger partial charge in [-0.2, -0.15) is 0 Å². The van der Waals surface area contributed by atoms with Crippen LogP contribution in [0.15, 0.2) is 0 Å². The molecular weight excluding hydrogens is 230 g/mol. The number of hydrogen-bond donors (Lipinski definition) is 2. The van der Waals surface area contributed by atoms with Crippen LogP contribution in [0.1, 0.15) is 26.7 Å². The van der Waals surface area contributed by atoms with E-state index in [-0.39, 0.29) is 29.7 Å². The van der Waals surface area contributed by atoms with Crippen molar-refractivity contribution in [3.63, 3.8) is 0 Å². The van der Waals surface area contributed by atoms with Gasteiger partial charge < -0.3 is 15.5 Å². The average molecular weight is 255 g/mol.